The molecule has 0 aliphatic carbocycles. The molecular weight excluding hydrogens is 246 g/mol. The van der Waals surface area contributed by atoms with Crippen LogP contribution in [0.5, 0.6) is 0 Å². The average molecular weight is 267 g/mol. The van der Waals surface area contributed by atoms with Crippen LogP contribution >= 0.6 is 0 Å². The molecule has 1 heterocycles. The number of esters is 1. The summed E-state index contributed by atoms with van der Waals surface area (Å²) in [5.74, 6) is -0.932. The molecule has 6 heteroatoms. The van der Waals surface area contributed by atoms with Crippen LogP contribution in [0.3, 0.4) is 0 Å². The first kappa shape index (κ1) is 15.2. The van der Waals surface area contributed by atoms with Gasteiger partial charge in [-0.1, -0.05) is 32.6 Å². The third-order valence-corrected chi connectivity index (χ3v) is 3.02. The molecule has 0 fully saturated rings. The van der Waals surface area contributed by atoms with E-state index in [0.29, 0.717) is 6.42 Å². The molecule has 0 radical (unpaired) electrons. The normalized spacial score (nSPS) is 12.1. The van der Waals surface area contributed by atoms with Crippen LogP contribution in [-0.2, 0) is 9.53 Å². The van der Waals surface area contributed by atoms with Gasteiger partial charge in [0.1, 0.15) is 11.7 Å². The number of hydrogen-bond acceptors (Lipinski definition) is 4. The summed E-state index contributed by atoms with van der Waals surface area (Å²) < 4.78 is 6.38. The molecule has 1 amide bonds. The van der Waals surface area contributed by atoms with Crippen molar-refractivity contribution in [3.05, 3.63) is 18.2 Å². The number of imidazole rings is 1. The van der Waals surface area contributed by atoms with Crippen LogP contribution in [0.15, 0.2) is 12.5 Å². The van der Waals surface area contributed by atoms with Crippen LogP contribution in [0.1, 0.15) is 55.6 Å². The number of primary amides is 1. The number of nitrogens with zero attached hydrogens (tertiary/aromatic N) is 2. The molecule has 6 nitrogen and oxygen atoms in total. The van der Waals surface area contributed by atoms with Gasteiger partial charge in [-0.3, -0.25) is 4.79 Å². The lowest BCUT2D eigenvalue weighted by Gasteiger charge is -2.15. The highest BCUT2D eigenvalue weighted by atomic mass is 16.5. The lowest BCUT2D eigenvalue weighted by atomic mass is 10.1. The summed E-state index contributed by atoms with van der Waals surface area (Å²) in [6.07, 6.45) is 7.88. The zero-order chi connectivity index (χ0) is 14.3. The van der Waals surface area contributed by atoms with E-state index in [1.807, 2.05) is 0 Å². The van der Waals surface area contributed by atoms with Crippen LogP contribution in [0, 0.1) is 0 Å². The topological polar surface area (TPSA) is 87.2 Å². The lowest BCUT2D eigenvalue weighted by molar-refractivity contribution is -0.144. The highest BCUT2D eigenvalue weighted by Crippen LogP contribution is 2.18. The van der Waals surface area contributed by atoms with Gasteiger partial charge in [0.15, 0.2) is 0 Å². The Morgan fingerprint density at radius 1 is 1.42 bits per heavy atom. The van der Waals surface area contributed by atoms with Crippen molar-refractivity contribution in [3.63, 3.8) is 0 Å². The number of hydrogen-bond donors (Lipinski definition) is 1. The summed E-state index contributed by atoms with van der Waals surface area (Å²) in [5.41, 5.74) is 5.30. The van der Waals surface area contributed by atoms with Gasteiger partial charge >= 0.3 is 5.97 Å². The van der Waals surface area contributed by atoms with Crippen molar-refractivity contribution < 1.29 is 14.3 Å². The summed E-state index contributed by atoms with van der Waals surface area (Å²) in [7, 11) is 1.35. The van der Waals surface area contributed by atoms with Crippen molar-refractivity contribution in [2.45, 2.75) is 45.1 Å². The van der Waals surface area contributed by atoms with Gasteiger partial charge in [0.2, 0.25) is 0 Å². The van der Waals surface area contributed by atoms with Gasteiger partial charge in [-0.15, -0.1) is 0 Å². The minimum absolute atomic E-state index is 0.155. The second-order valence-corrected chi connectivity index (χ2v) is 4.46. The van der Waals surface area contributed by atoms with E-state index in [-0.39, 0.29) is 11.7 Å². The fraction of sp³-hybridized carbons (Fsp3) is 0.615. The molecule has 1 atom stereocenters. The Morgan fingerprint density at radius 3 is 2.68 bits per heavy atom. The van der Waals surface area contributed by atoms with Crippen molar-refractivity contribution >= 4 is 11.9 Å². The Labute approximate surface area is 112 Å². The first-order valence-corrected chi connectivity index (χ1v) is 6.51. The van der Waals surface area contributed by atoms with Crippen LogP contribution in [0.2, 0.25) is 0 Å². The van der Waals surface area contributed by atoms with E-state index in [4.69, 9.17) is 10.5 Å². The Morgan fingerprint density at radius 2 is 2.16 bits per heavy atom. The van der Waals surface area contributed by atoms with E-state index in [0.717, 1.165) is 25.7 Å². The minimum Gasteiger partial charge on any atom is -0.467 e. The summed E-state index contributed by atoms with van der Waals surface area (Å²) in [6, 6.07) is -0.442. The van der Waals surface area contributed by atoms with Gasteiger partial charge in [-0.25, -0.2) is 9.78 Å². The van der Waals surface area contributed by atoms with E-state index >= 15 is 0 Å². The van der Waals surface area contributed by atoms with E-state index in [2.05, 4.69) is 11.9 Å². The standard InChI is InChI=1S/C13H21N3O3/c1-3-4-5-6-7-11(13(18)19-2)16-8-10(12(14)17)15-9-16/h8-9,11H,3-7H2,1-2H3,(H2,14,17). The maximum atomic E-state index is 11.8. The van der Waals surface area contributed by atoms with Gasteiger partial charge in [0.05, 0.1) is 13.4 Å². The summed E-state index contributed by atoms with van der Waals surface area (Å²) in [6.45, 7) is 2.13. The Hall–Kier alpha value is -1.85. The number of carbonyl (C=O) groups is 2. The predicted molar refractivity (Wildman–Crippen MR) is 70.6 cm³/mol. The Balaban J connectivity index is 2.72. The molecule has 0 saturated heterocycles. The van der Waals surface area contributed by atoms with Gasteiger partial charge in [0.25, 0.3) is 5.91 Å². The fourth-order valence-corrected chi connectivity index (χ4v) is 1.92. The first-order chi connectivity index (χ1) is 9.10. The van der Waals surface area contributed by atoms with E-state index in [1.165, 1.54) is 19.6 Å². The number of methoxy groups -OCH3 is 1. The highest BCUT2D eigenvalue weighted by Gasteiger charge is 2.21. The molecule has 2 N–H and O–H groups in total. The molecular formula is C13H21N3O3. The summed E-state index contributed by atoms with van der Waals surface area (Å²) in [4.78, 5) is 26.7. The number of rotatable bonds is 8. The minimum atomic E-state index is -0.603. The van der Waals surface area contributed by atoms with E-state index in [9.17, 15) is 9.59 Å². The maximum Gasteiger partial charge on any atom is 0.328 e. The maximum absolute atomic E-state index is 11.8. The smallest absolute Gasteiger partial charge is 0.328 e. The number of aromatic nitrogens is 2. The molecule has 0 aliphatic rings. The van der Waals surface area contributed by atoms with Crippen LogP contribution in [-0.4, -0.2) is 28.5 Å². The molecule has 0 bridgehead atoms. The molecule has 0 saturated carbocycles. The van der Waals surface area contributed by atoms with Crippen LogP contribution in [0.4, 0.5) is 0 Å². The SMILES string of the molecule is CCCCCCC(C(=O)OC)n1cnc(C(N)=O)c1. The monoisotopic (exact) mass is 267 g/mol. The first-order valence-electron chi connectivity index (χ1n) is 6.51. The summed E-state index contributed by atoms with van der Waals surface area (Å²) >= 11 is 0. The number of carbonyl (C=O) groups excluding carboxylic acids is 2. The number of nitrogens with two attached hydrogens (primary N) is 1. The Kier molecular flexibility index (Phi) is 6.05. The van der Waals surface area contributed by atoms with Crippen molar-refractivity contribution in [3.8, 4) is 0 Å². The molecule has 0 aliphatic heterocycles. The average Bonchev–Trinajstić information content (AvgIpc) is 2.87. The molecule has 0 spiro atoms. The third-order valence-electron chi connectivity index (χ3n) is 3.02. The zero-order valence-corrected chi connectivity index (χ0v) is 11.5. The molecule has 1 aromatic rings. The largest absolute Gasteiger partial charge is 0.467 e. The third kappa shape index (κ3) is 4.39. The van der Waals surface area contributed by atoms with Crippen molar-refractivity contribution in [1.29, 1.82) is 0 Å². The number of amides is 1. The number of ether oxygens (including phenoxy) is 1. The molecule has 1 rings (SSSR count). The molecule has 106 valence electrons. The quantitative estimate of drug-likeness (QED) is 0.573. The highest BCUT2D eigenvalue weighted by molar-refractivity contribution is 5.90. The number of unbranched alkanes of at least 4 members (excludes halogenated alkanes) is 3. The molecule has 19 heavy (non-hydrogen) atoms. The fourth-order valence-electron chi connectivity index (χ4n) is 1.92. The molecule has 1 aromatic heterocycles. The van der Waals surface area contributed by atoms with E-state index < -0.39 is 11.9 Å². The van der Waals surface area contributed by atoms with Gasteiger partial charge < -0.3 is 15.0 Å². The zero-order valence-electron chi connectivity index (χ0n) is 11.5. The second kappa shape index (κ2) is 7.56. The van der Waals surface area contributed by atoms with Crippen LogP contribution < -0.4 is 5.73 Å². The Bertz CT molecular complexity index is 429. The van der Waals surface area contributed by atoms with Crippen molar-refractivity contribution in [2.24, 2.45) is 5.73 Å². The van der Waals surface area contributed by atoms with Crippen molar-refractivity contribution in [2.75, 3.05) is 7.11 Å². The lowest BCUT2D eigenvalue weighted by Crippen LogP contribution is -2.20. The van der Waals surface area contributed by atoms with Gasteiger partial charge in [-0.05, 0) is 6.42 Å². The van der Waals surface area contributed by atoms with Crippen molar-refractivity contribution in [1.82, 2.24) is 9.55 Å². The molecule has 1 unspecified atom stereocenters. The van der Waals surface area contributed by atoms with Gasteiger partial charge in [-0.2, -0.15) is 0 Å². The van der Waals surface area contributed by atoms with Crippen LogP contribution in [0.25, 0.3) is 0 Å². The molecule has 0 aromatic carbocycles. The summed E-state index contributed by atoms with van der Waals surface area (Å²) in [5, 5.41) is 0. The van der Waals surface area contributed by atoms with Gasteiger partial charge in [0, 0.05) is 6.20 Å². The second-order valence-electron chi connectivity index (χ2n) is 4.46. The predicted octanol–water partition coefficient (Wildman–Crippen LogP) is 1.67. The van der Waals surface area contributed by atoms with E-state index in [1.54, 1.807) is 4.57 Å².